The summed E-state index contributed by atoms with van der Waals surface area (Å²) in [6, 6.07) is 25.3. The molecule has 304 valence electrons. The molecule has 0 spiro atoms. The van der Waals surface area contributed by atoms with E-state index in [-0.39, 0.29) is 62.0 Å². The second-order valence-corrected chi connectivity index (χ2v) is 13.3. The van der Waals surface area contributed by atoms with Gasteiger partial charge in [-0.3, -0.25) is 4.98 Å². The van der Waals surface area contributed by atoms with Crippen molar-refractivity contribution in [2.45, 2.75) is 13.1 Å². The van der Waals surface area contributed by atoms with Crippen LogP contribution < -0.4 is 84.9 Å². The minimum atomic E-state index is 0. The van der Waals surface area contributed by atoms with E-state index in [9.17, 15) is 0 Å². The second-order valence-electron chi connectivity index (χ2n) is 11.7. The van der Waals surface area contributed by atoms with Crippen molar-refractivity contribution in [2.24, 2.45) is 21.1 Å². The van der Waals surface area contributed by atoms with Gasteiger partial charge >= 0.3 is 0 Å². The third-order valence-corrected chi connectivity index (χ3v) is 8.48. The van der Waals surface area contributed by atoms with Crippen LogP contribution in [-0.2, 0) is 43.7 Å². The maximum absolute atomic E-state index is 5.85. The topological polar surface area (TPSA) is 50.8 Å². The van der Waals surface area contributed by atoms with Crippen molar-refractivity contribution >= 4 is 31.9 Å². The van der Waals surface area contributed by atoms with Gasteiger partial charge in [-0.15, -0.1) is 0 Å². The van der Waals surface area contributed by atoms with Crippen LogP contribution in [0.4, 0.5) is 0 Å². The second kappa shape index (κ2) is 32.2. The molecule has 15 heteroatoms. The smallest absolute Gasteiger partial charge is 0.171 e. The van der Waals surface area contributed by atoms with E-state index in [1.807, 2.05) is 71.8 Å². The molecule has 0 unspecified atom stereocenters. The zero-order valence-corrected chi connectivity index (χ0v) is 38.6. The Morgan fingerprint density at radius 3 is 0.929 bits per heavy atom. The number of hydrogen-bond acceptors (Lipinski definition) is 3. The molecule has 0 radical (unpaired) electrons. The van der Waals surface area contributed by atoms with Crippen molar-refractivity contribution in [3.63, 3.8) is 0 Å². The number of aromatic nitrogens is 6. The summed E-state index contributed by atoms with van der Waals surface area (Å²) < 4.78 is 21.3. The van der Waals surface area contributed by atoms with Gasteiger partial charge in [-0.1, -0.05) is 31.9 Å². The van der Waals surface area contributed by atoms with Crippen molar-refractivity contribution in [3.8, 4) is 33.4 Å². The van der Waals surface area contributed by atoms with Crippen molar-refractivity contribution in [1.29, 1.82) is 0 Å². The highest BCUT2D eigenvalue weighted by atomic mass is 79.9. The summed E-state index contributed by atoms with van der Waals surface area (Å²) in [5.74, 6) is 0. The number of rotatable bonds is 13. The lowest BCUT2D eigenvalue weighted by Gasteiger charge is -2.03. The molecule has 8 nitrogen and oxygen atoms in total. The molecule has 6 rings (SSSR count). The summed E-state index contributed by atoms with van der Waals surface area (Å²) >= 11 is 6.48. The minimum Gasteiger partial charge on any atom is -1.00 e. The van der Waals surface area contributed by atoms with Gasteiger partial charge in [-0.05, 0) is 45.5 Å². The van der Waals surface area contributed by atoms with E-state index >= 15 is 0 Å². The zero-order valence-electron chi connectivity index (χ0n) is 31.7. The number of pyridine rings is 6. The minimum absolute atomic E-state index is 0. The number of hydrogen-bond donors (Lipinski definition) is 0. The molecule has 56 heavy (non-hydrogen) atoms. The maximum atomic E-state index is 5.85. The van der Waals surface area contributed by atoms with Crippen LogP contribution >= 0.6 is 31.9 Å². The largest absolute Gasteiger partial charge is 1.00 e. The molecule has 0 aromatic carbocycles. The molecule has 0 atom stereocenters. The van der Waals surface area contributed by atoms with Crippen molar-refractivity contribution in [2.75, 3.05) is 37.1 Å². The van der Waals surface area contributed by atoms with E-state index in [2.05, 4.69) is 156 Å². The average molecular weight is 995 g/mol. The fraction of sp³-hybridized carbons (Fsp3) is 0.268. The summed E-state index contributed by atoms with van der Waals surface area (Å²) in [4.78, 5) is 3.98. The van der Waals surface area contributed by atoms with Crippen LogP contribution in [0.5, 0.6) is 0 Å². The lowest BCUT2D eigenvalue weighted by molar-refractivity contribution is -0.705. The Kier molecular flexibility index (Phi) is 31.8. The average Bonchev–Trinajstić information content (AvgIpc) is 3.17. The Morgan fingerprint density at radius 2 is 0.643 bits per heavy atom. The highest BCUT2D eigenvalue weighted by Gasteiger charge is 2.07. The third-order valence-electron chi connectivity index (χ3n) is 7.83. The molecule has 0 saturated carbocycles. The molecule has 0 amide bonds. The van der Waals surface area contributed by atoms with Crippen molar-refractivity contribution < 1.29 is 94.3 Å². The van der Waals surface area contributed by atoms with Crippen LogP contribution in [-0.4, -0.2) is 42.1 Å². The SMILES string of the molecule is BrCCOCCBr.C[n+]1ccc(-c2cc[n+](CCOCC[n+]3ccc(-c4cc[n+](C)cc4)cc3)cc2)cc1.C[n+]1ccc(-c2ccncc2)cc1.[Cl-].[Cl-].[Cl-].[Cl-].[Cl-]. The Bertz CT molecular complexity index is 1740. The molecule has 0 saturated heterocycles. The monoisotopic (exact) mass is 990 g/mol. The molecular formula is C41H49Br2Cl5N6O2. The van der Waals surface area contributed by atoms with Crippen LogP contribution in [0.15, 0.2) is 147 Å². The predicted octanol–water partition coefficient (Wildman–Crippen LogP) is -9.65. The molecule has 6 aromatic heterocycles. The number of halogens is 7. The van der Waals surface area contributed by atoms with E-state index < -0.39 is 0 Å². The fourth-order valence-corrected chi connectivity index (χ4v) is 5.33. The molecule has 0 aliphatic heterocycles. The van der Waals surface area contributed by atoms with E-state index in [0.29, 0.717) is 13.2 Å². The summed E-state index contributed by atoms with van der Waals surface area (Å²) in [7, 11) is 6.07. The summed E-state index contributed by atoms with van der Waals surface area (Å²) in [6.07, 6.45) is 24.4. The van der Waals surface area contributed by atoms with Crippen LogP contribution in [0.2, 0.25) is 0 Å². The summed E-state index contributed by atoms with van der Waals surface area (Å²) in [5, 5.41) is 1.86. The quantitative estimate of drug-likeness (QED) is 0.0658. The van der Waals surface area contributed by atoms with Crippen LogP contribution in [0.25, 0.3) is 33.4 Å². The van der Waals surface area contributed by atoms with Crippen LogP contribution in [0.3, 0.4) is 0 Å². The van der Waals surface area contributed by atoms with Gasteiger partial charge in [0.05, 0.1) is 13.2 Å². The lowest BCUT2D eigenvalue weighted by Crippen LogP contribution is -3.00. The van der Waals surface area contributed by atoms with Crippen LogP contribution in [0, 0.1) is 0 Å². The first kappa shape index (κ1) is 55.3. The molecule has 0 aliphatic rings. The number of alkyl halides is 2. The van der Waals surface area contributed by atoms with Gasteiger partial charge < -0.3 is 71.5 Å². The van der Waals surface area contributed by atoms with E-state index in [4.69, 9.17) is 9.47 Å². The van der Waals surface area contributed by atoms with Gasteiger partial charge in [0.1, 0.15) is 34.4 Å². The normalized spacial score (nSPS) is 9.52. The fourth-order valence-electron chi connectivity index (χ4n) is 4.88. The van der Waals surface area contributed by atoms with Crippen LogP contribution in [0.1, 0.15) is 0 Å². The highest BCUT2D eigenvalue weighted by molar-refractivity contribution is 9.09. The first-order valence-electron chi connectivity index (χ1n) is 17.0. The number of ether oxygens (including phenoxy) is 2. The van der Waals surface area contributed by atoms with E-state index in [1.54, 1.807) is 0 Å². The van der Waals surface area contributed by atoms with Crippen molar-refractivity contribution in [3.05, 3.63) is 147 Å². The molecule has 0 bridgehead atoms. The zero-order chi connectivity index (χ0) is 36.1. The standard InChI is InChI=1S/C26H30N4O.C11H11N2.C4H8Br2O.5ClH/c1-27-11-3-23(4-12-27)25-7-15-29(16-8-25)19-21-31-22-20-30-17-9-26(10-18-30)24-5-13-28(2)14-6-24;1-13-8-4-11(5-9-13)10-2-6-12-7-3-10;5-1-3-7-4-2-6;;;;;/h3-18H,19-22H2,1-2H3;2-9H,1H3;1-4H2;5*1H/q+4;+1;;;;;;/p-5. The van der Waals surface area contributed by atoms with E-state index in [1.165, 1.54) is 33.4 Å². The lowest BCUT2D eigenvalue weighted by atomic mass is 10.1. The first-order valence-corrected chi connectivity index (χ1v) is 19.2. The Balaban J connectivity index is 0. The molecule has 0 N–H and O–H groups in total. The predicted molar refractivity (Wildman–Crippen MR) is 207 cm³/mol. The van der Waals surface area contributed by atoms with Gasteiger partial charge in [-0.25, -0.2) is 22.8 Å². The third kappa shape index (κ3) is 20.6. The Hall–Kier alpha value is -2.77. The molecule has 0 fully saturated rings. The van der Waals surface area contributed by atoms with Gasteiger partial charge in [0.25, 0.3) is 0 Å². The molecule has 6 aromatic rings. The van der Waals surface area contributed by atoms with Gasteiger partial charge in [0.15, 0.2) is 75.1 Å². The molecular weight excluding hydrogens is 946 g/mol. The van der Waals surface area contributed by atoms with Gasteiger partial charge in [0, 0.05) is 83.7 Å². The summed E-state index contributed by atoms with van der Waals surface area (Å²) in [6.45, 7) is 4.71. The Labute approximate surface area is 380 Å². The molecule has 0 aliphatic carbocycles. The van der Waals surface area contributed by atoms with Gasteiger partial charge in [0.2, 0.25) is 0 Å². The number of aryl methyl sites for hydroxylation is 3. The first-order chi connectivity index (χ1) is 24.9. The molecule has 6 heterocycles. The Morgan fingerprint density at radius 1 is 0.393 bits per heavy atom. The van der Waals surface area contributed by atoms with Crippen molar-refractivity contribution in [1.82, 2.24) is 4.98 Å². The van der Waals surface area contributed by atoms with Gasteiger partial charge in [-0.2, -0.15) is 0 Å². The summed E-state index contributed by atoms with van der Waals surface area (Å²) in [5.41, 5.74) is 7.33. The van der Waals surface area contributed by atoms with E-state index in [0.717, 1.165) is 37.0 Å². The maximum Gasteiger partial charge on any atom is 0.171 e. The highest BCUT2D eigenvalue weighted by Crippen LogP contribution is 2.17. The number of nitrogens with zero attached hydrogens (tertiary/aromatic N) is 6.